The van der Waals surface area contributed by atoms with Crippen LogP contribution in [0.1, 0.15) is 23.6 Å². The number of ether oxygens (including phenoxy) is 1. The lowest BCUT2D eigenvalue weighted by Crippen LogP contribution is -2.30. The van der Waals surface area contributed by atoms with Crippen molar-refractivity contribution in [3.8, 4) is 5.75 Å². The van der Waals surface area contributed by atoms with Crippen LogP contribution in [0.25, 0.3) is 10.9 Å². The quantitative estimate of drug-likeness (QED) is 0.760. The van der Waals surface area contributed by atoms with Gasteiger partial charge in [0.15, 0.2) is 6.10 Å². The Labute approximate surface area is 147 Å². The fraction of sp³-hybridized carbons (Fsp3) is 0.238. The Hall–Kier alpha value is -2.88. The van der Waals surface area contributed by atoms with E-state index in [1.165, 1.54) is 5.56 Å². The molecule has 0 spiro atoms. The zero-order valence-electron chi connectivity index (χ0n) is 15.0. The maximum atomic E-state index is 12.5. The van der Waals surface area contributed by atoms with Gasteiger partial charge in [0.05, 0.1) is 11.2 Å². The van der Waals surface area contributed by atoms with Crippen LogP contribution >= 0.6 is 0 Å². The molecule has 0 aliphatic heterocycles. The molecule has 0 unspecified atom stereocenters. The fourth-order valence-corrected chi connectivity index (χ4v) is 2.70. The zero-order chi connectivity index (χ0) is 18.0. The number of pyridine rings is 1. The predicted octanol–water partition coefficient (Wildman–Crippen LogP) is 4.57. The number of hydrogen-bond acceptors (Lipinski definition) is 3. The van der Waals surface area contributed by atoms with Gasteiger partial charge in [-0.3, -0.25) is 9.78 Å². The maximum absolute atomic E-state index is 12.5. The van der Waals surface area contributed by atoms with Gasteiger partial charge in [0.2, 0.25) is 0 Å². The molecule has 4 nitrogen and oxygen atoms in total. The molecule has 3 rings (SSSR count). The third kappa shape index (κ3) is 3.63. The van der Waals surface area contributed by atoms with E-state index in [0.717, 1.165) is 27.7 Å². The monoisotopic (exact) mass is 334 g/mol. The van der Waals surface area contributed by atoms with Gasteiger partial charge >= 0.3 is 0 Å². The van der Waals surface area contributed by atoms with E-state index in [0.29, 0.717) is 5.75 Å². The summed E-state index contributed by atoms with van der Waals surface area (Å²) in [5.74, 6) is 0.508. The number of hydrogen-bond donors (Lipinski definition) is 1. The van der Waals surface area contributed by atoms with Gasteiger partial charge in [-0.25, -0.2) is 0 Å². The minimum Gasteiger partial charge on any atom is -0.481 e. The molecule has 0 aliphatic rings. The highest BCUT2D eigenvalue weighted by Crippen LogP contribution is 2.25. The molecule has 25 heavy (non-hydrogen) atoms. The van der Waals surface area contributed by atoms with Crippen molar-refractivity contribution < 1.29 is 9.53 Å². The van der Waals surface area contributed by atoms with Gasteiger partial charge in [-0.2, -0.15) is 0 Å². The lowest BCUT2D eigenvalue weighted by Gasteiger charge is -2.16. The van der Waals surface area contributed by atoms with Crippen molar-refractivity contribution in [3.05, 3.63) is 65.4 Å². The smallest absolute Gasteiger partial charge is 0.265 e. The molecule has 4 heteroatoms. The molecule has 0 saturated heterocycles. The Kier molecular flexibility index (Phi) is 4.70. The van der Waals surface area contributed by atoms with Crippen LogP contribution in [-0.2, 0) is 4.79 Å². The third-order valence-electron chi connectivity index (χ3n) is 4.39. The number of nitrogens with zero attached hydrogens (tertiary/aromatic N) is 1. The van der Waals surface area contributed by atoms with Crippen molar-refractivity contribution in [1.29, 1.82) is 0 Å². The molecule has 1 amide bonds. The first-order valence-corrected chi connectivity index (χ1v) is 8.35. The molecular weight excluding hydrogens is 312 g/mol. The summed E-state index contributed by atoms with van der Waals surface area (Å²) in [5.41, 5.74) is 5.05. The van der Waals surface area contributed by atoms with Crippen LogP contribution < -0.4 is 10.1 Å². The lowest BCUT2D eigenvalue weighted by molar-refractivity contribution is -0.122. The van der Waals surface area contributed by atoms with E-state index >= 15 is 0 Å². The standard InChI is InChI=1S/C21H22N2O2/c1-13-7-9-17(12-15(13)3)25-16(4)21(24)23-19-10-8-14(2)20-18(19)6-5-11-22-20/h5-12,16H,1-4H3,(H,23,24)/t16-/m1/s1. The van der Waals surface area contributed by atoms with Gasteiger partial charge in [-0.05, 0) is 74.7 Å². The van der Waals surface area contributed by atoms with Gasteiger partial charge in [-0.15, -0.1) is 0 Å². The number of aromatic nitrogens is 1. The van der Waals surface area contributed by atoms with E-state index in [4.69, 9.17) is 4.74 Å². The average Bonchev–Trinajstić information content (AvgIpc) is 2.60. The van der Waals surface area contributed by atoms with Crippen LogP contribution in [0, 0.1) is 20.8 Å². The Morgan fingerprint density at radius 2 is 1.80 bits per heavy atom. The summed E-state index contributed by atoms with van der Waals surface area (Å²) >= 11 is 0. The second kappa shape index (κ2) is 6.93. The normalized spacial score (nSPS) is 12.0. The lowest BCUT2D eigenvalue weighted by atomic mass is 10.1. The predicted molar refractivity (Wildman–Crippen MR) is 101 cm³/mol. The van der Waals surface area contributed by atoms with E-state index in [2.05, 4.69) is 10.3 Å². The number of rotatable bonds is 4. The van der Waals surface area contributed by atoms with Crippen LogP contribution in [0.2, 0.25) is 0 Å². The summed E-state index contributed by atoms with van der Waals surface area (Å²) in [6.45, 7) is 7.83. The molecule has 1 atom stereocenters. The first kappa shape index (κ1) is 17.0. The Morgan fingerprint density at radius 1 is 1.04 bits per heavy atom. The van der Waals surface area contributed by atoms with Crippen LogP contribution in [-0.4, -0.2) is 17.0 Å². The molecule has 128 valence electrons. The molecule has 0 aliphatic carbocycles. The fourth-order valence-electron chi connectivity index (χ4n) is 2.70. The Morgan fingerprint density at radius 3 is 2.56 bits per heavy atom. The summed E-state index contributed by atoms with van der Waals surface area (Å²) in [6, 6.07) is 13.5. The highest BCUT2D eigenvalue weighted by Gasteiger charge is 2.16. The topological polar surface area (TPSA) is 51.2 Å². The minimum atomic E-state index is -0.602. The second-order valence-electron chi connectivity index (χ2n) is 6.32. The molecule has 0 saturated carbocycles. The van der Waals surface area contributed by atoms with E-state index in [1.54, 1.807) is 13.1 Å². The van der Waals surface area contributed by atoms with E-state index in [1.807, 2.05) is 63.2 Å². The number of carbonyl (C=O) groups is 1. The van der Waals surface area contributed by atoms with Crippen LogP contribution in [0.4, 0.5) is 5.69 Å². The maximum Gasteiger partial charge on any atom is 0.265 e. The first-order valence-electron chi connectivity index (χ1n) is 8.35. The Bertz CT molecular complexity index is 934. The number of anilines is 1. The molecule has 2 aromatic carbocycles. The van der Waals surface area contributed by atoms with Crippen LogP contribution in [0.15, 0.2) is 48.7 Å². The number of fused-ring (bicyclic) bond motifs is 1. The molecule has 0 bridgehead atoms. The second-order valence-corrected chi connectivity index (χ2v) is 6.32. The largest absolute Gasteiger partial charge is 0.481 e. The molecule has 0 radical (unpaired) electrons. The van der Waals surface area contributed by atoms with Crippen molar-refractivity contribution in [2.75, 3.05) is 5.32 Å². The molecule has 0 fully saturated rings. The molecule has 1 N–H and O–H groups in total. The van der Waals surface area contributed by atoms with E-state index in [-0.39, 0.29) is 5.91 Å². The van der Waals surface area contributed by atoms with Gasteiger partial charge in [0.25, 0.3) is 5.91 Å². The van der Waals surface area contributed by atoms with E-state index < -0.39 is 6.10 Å². The number of nitrogens with one attached hydrogen (secondary N) is 1. The highest BCUT2D eigenvalue weighted by molar-refractivity contribution is 6.03. The van der Waals surface area contributed by atoms with Crippen LogP contribution in [0.3, 0.4) is 0 Å². The van der Waals surface area contributed by atoms with Gasteiger partial charge in [0, 0.05) is 11.6 Å². The molecular formula is C21H22N2O2. The van der Waals surface area contributed by atoms with Crippen molar-refractivity contribution in [1.82, 2.24) is 4.98 Å². The van der Waals surface area contributed by atoms with Gasteiger partial charge in [0.1, 0.15) is 5.75 Å². The zero-order valence-corrected chi connectivity index (χ0v) is 15.0. The van der Waals surface area contributed by atoms with Crippen molar-refractivity contribution >= 4 is 22.5 Å². The van der Waals surface area contributed by atoms with Crippen molar-refractivity contribution in [2.45, 2.75) is 33.8 Å². The molecule has 1 heterocycles. The average molecular weight is 334 g/mol. The number of benzene rings is 2. The van der Waals surface area contributed by atoms with Crippen LogP contribution in [0.5, 0.6) is 5.75 Å². The Balaban J connectivity index is 1.78. The van der Waals surface area contributed by atoms with Crippen molar-refractivity contribution in [2.24, 2.45) is 0 Å². The summed E-state index contributed by atoms with van der Waals surface area (Å²) in [7, 11) is 0. The van der Waals surface area contributed by atoms with E-state index in [9.17, 15) is 4.79 Å². The summed E-state index contributed by atoms with van der Waals surface area (Å²) in [5, 5.41) is 3.88. The first-order chi connectivity index (χ1) is 12.0. The highest BCUT2D eigenvalue weighted by atomic mass is 16.5. The summed E-state index contributed by atoms with van der Waals surface area (Å²) < 4.78 is 5.79. The molecule has 3 aromatic rings. The number of carbonyl (C=O) groups excluding carboxylic acids is 1. The number of amides is 1. The summed E-state index contributed by atoms with van der Waals surface area (Å²) in [6.07, 6.45) is 1.15. The van der Waals surface area contributed by atoms with Gasteiger partial charge < -0.3 is 10.1 Å². The van der Waals surface area contributed by atoms with Crippen molar-refractivity contribution in [3.63, 3.8) is 0 Å². The third-order valence-corrected chi connectivity index (χ3v) is 4.39. The SMILES string of the molecule is Cc1ccc(O[C@H](C)C(=O)Nc2ccc(C)c3ncccc23)cc1C. The molecule has 1 aromatic heterocycles. The summed E-state index contributed by atoms with van der Waals surface area (Å²) in [4.78, 5) is 16.9. The number of aryl methyl sites for hydroxylation is 3. The minimum absolute atomic E-state index is 0.188. The van der Waals surface area contributed by atoms with Gasteiger partial charge in [-0.1, -0.05) is 12.1 Å².